The Kier molecular flexibility index (Phi) is 4.97. The summed E-state index contributed by atoms with van der Waals surface area (Å²) in [7, 11) is 0.595. The van der Waals surface area contributed by atoms with Crippen LogP contribution in [0.3, 0.4) is 0 Å². The summed E-state index contributed by atoms with van der Waals surface area (Å²) in [6, 6.07) is 7.54. The number of halogens is 1. The number of nitrogens with zero attached hydrogens (tertiary/aromatic N) is 1. The standard InChI is InChI=1S/C19H21ClN2O5S/c1-19(2)12-8-11(6-7-15(12)22(3)18(19)23)28(24,25)21-14-9-13(20)16(26-4)10-17(14)27-5/h6-10,21H,1-5H3. The average molecular weight is 425 g/mol. The van der Waals surface area contributed by atoms with Crippen molar-refractivity contribution in [2.45, 2.75) is 24.2 Å². The van der Waals surface area contributed by atoms with Crippen LogP contribution in [0.15, 0.2) is 35.2 Å². The Balaban J connectivity index is 2.03. The van der Waals surface area contributed by atoms with Crippen LogP contribution in [0.1, 0.15) is 19.4 Å². The monoisotopic (exact) mass is 424 g/mol. The predicted octanol–water partition coefficient (Wildman–Crippen LogP) is 3.41. The number of methoxy groups -OCH3 is 2. The van der Waals surface area contributed by atoms with Crippen LogP contribution < -0.4 is 19.1 Å². The fourth-order valence-corrected chi connectivity index (χ4v) is 4.59. The molecule has 0 saturated carbocycles. The van der Waals surface area contributed by atoms with Crippen molar-refractivity contribution in [2.24, 2.45) is 0 Å². The van der Waals surface area contributed by atoms with Crippen LogP contribution in [0.25, 0.3) is 0 Å². The second-order valence-electron chi connectivity index (χ2n) is 6.96. The number of anilines is 2. The Hall–Kier alpha value is -2.45. The van der Waals surface area contributed by atoms with E-state index < -0.39 is 15.4 Å². The van der Waals surface area contributed by atoms with Crippen molar-refractivity contribution in [1.29, 1.82) is 0 Å². The molecule has 0 saturated heterocycles. The maximum atomic E-state index is 13.0. The van der Waals surface area contributed by atoms with Gasteiger partial charge in [0, 0.05) is 18.8 Å². The van der Waals surface area contributed by atoms with Crippen LogP contribution in [-0.2, 0) is 20.2 Å². The lowest BCUT2D eigenvalue weighted by Gasteiger charge is -2.17. The minimum absolute atomic E-state index is 0.0384. The van der Waals surface area contributed by atoms with Crippen molar-refractivity contribution in [1.82, 2.24) is 0 Å². The lowest BCUT2D eigenvalue weighted by Crippen LogP contribution is -2.33. The molecular weight excluding hydrogens is 404 g/mol. The van der Waals surface area contributed by atoms with Gasteiger partial charge < -0.3 is 14.4 Å². The molecule has 28 heavy (non-hydrogen) atoms. The first kappa shape index (κ1) is 20.3. The van der Waals surface area contributed by atoms with Gasteiger partial charge >= 0.3 is 0 Å². The lowest BCUT2D eigenvalue weighted by atomic mass is 9.86. The molecule has 3 rings (SSSR count). The zero-order valence-electron chi connectivity index (χ0n) is 16.2. The molecule has 1 N–H and O–H groups in total. The van der Waals surface area contributed by atoms with Crippen LogP contribution in [0.4, 0.5) is 11.4 Å². The number of ether oxygens (including phenoxy) is 2. The van der Waals surface area contributed by atoms with Crippen molar-refractivity contribution >= 4 is 38.9 Å². The zero-order chi connectivity index (χ0) is 20.9. The summed E-state index contributed by atoms with van der Waals surface area (Å²) in [5.74, 6) is 0.539. The molecule has 1 heterocycles. The molecule has 0 atom stereocenters. The molecule has 150 valence electrons. The third-order valence-corrected chi connectivity index (χ3v) is 6.53. The van der Waals surface area contributed by atoms with Gasteiger partial charge in [-0.3, -0.25) is 9.52 Å². The van der Waals surface area contributed by atoms with Crippen molar-refractivity contribution < 1.29 is 22.7 Å². The number of sulfonamides is 1. The number of amides is 1. The third-order valence-electron chi connectivity index (χ3n) is 4.87. The van der Waals surface area contributed by atoms with Crippen LogP contribution in [0, 0.1) is 0 Å². The molecule has 2 aromatic rings. The first-order valence-corrected chi connectivity index (χ1v) is 10.3. The molecule has 9 heteroatoms. The highest BCUT2D eigenvalue weighted by Crippen LogP contribution is 2.42. The summed E-state index contributed by atoms with van der Waals surface area (Å²) in [5, 5.41) is 0.239. The second-order valence-corrected chi connectivity index (χ2v) is 9.05. The van der Waals surface area contributed by atoms with Crippen molar-refractivity contribution in [3.8, 4) is 11.5 Å². The highest BCUT2D eigenvalue weighted by atomic mass is 35.5. The van der Waals surface area contributed by atoms with Gasteiger partial charge in [0.05, 0.1) is 35.2 Å². The highest BCUT2D eigenvalue weighted by molar-refractivity contribution is 7.92. The molecule has 7 nitrogen and oxygen atoms in total. The van der Waals surface area contributed by atoms with Gasteiger partial charge in [-0.25, -0.2) is 8.42 Å². The van der Waals surface area contributed by atoms with E-state index in [4.69, 9.17) is 21.1 Å². The number of benzene rings is 2. The van der Waals surface area contributed by atoms with Crippen molar-refractivity contribution in [3.63, 3.8) is 0 Å². The van der Waals surface area contributed by atoms with Crippen LogP contribution in [-0.4, -0.2) is 35.6 Å². The first-order valence-electron chi connectivity index (χ1n) is 8.40. The van der Waals surface area contributed by atoms with Gasteiger partial charge in [-0.05, 0) is 43.7 Å². The summed E-state index contributed by atoms with van der Waals surface area (Å²) in [6.45, 7) is 3.54. The van der Waals surface area contributed by atoms with E-state index in [0.29, 0.717) is 17.0 Å². The fourth-order valence-electron chi connectivity index (χ4n) is 3.26. The van der Waals surface area contributed by atoms with Gasteiger partial charge in [0.25, 0.3) is 10.0 Å². The van der Waals surface area contributed by atoms with Gasteiger partial charge in [-0.1, -0.05) is 11.6 Å². The molecule has 0 radical (unpaired) electrons. The minimum Gasteiger partial charge on any atom is -0.495 e. The van der Waals surface area contributed by atoms with Crippen LogP contribution in [0.2, 0.25) is 5.02 Å². The third kappa shape index (κ3) is 3.16. The van der Waals surface area contributed by atoms with E-state index in [2.05, 4.69) is 4.72 Å². The Bertz CT molecular complexity index is 1070. The number of carbonyl (C=O) groups excluding carboxylic acids is 1. The zero-order valence-corrected chi connectivity index (χ0v) is 17.7. The number of fused-ring (bicyclic) bond motifs is 1. The Morgan fingerprint density at radius 3 is 2.32 bits per heavy atom. The molecule has 0 unspecified atom stereocenters. The Morgan fingerprint density at radius 1 is 1.07 bits per heavy atom. The highest BCUT2D eigenvalue weighted by Gasteiger charge is 2.42. The van der Waals surface area contributed by atoms with Gasteiger partial charge in [0.2, 0.25) is 5.91 Å². The lowest BCUT2D eigenvalue weighted by molar-refractivity contribution is -0.121. The number of hydrogen-bond donors (Lipinski definition) is 1. The molecular formula is C19H21ClN2O5S. The number of hydrogen-bond acceptors (Lipinski definition) is 5. The first-order chi connectivity index (χ1) is 13.0. The molecule has 0 fully saturated rings. The average Bonchev–Trinajstić information content (AvgIpc) is 2.82. The molecule has 2 aromatic carbocycles. The molecule has 0 spiro atoms. The summed E-state index contributed by atoms with van der Waals surface area (Å²) >= 11 is 6.12. The number of rotatable bonds is 5. The van der Waals surface area contributed by atoms with Gasteiger partial charge in [-0.15, -0.1) is 0 Å². The molecule has 1 aliphatic heterocycles. The number of carbonyl (C=O) groups is 1. The molecule has 1 amide bonds. The normalized spacial score (nSPS) is 15.4. The van der Waals surface area contributed by atoms with Gasteiger partial charge in [0.15, 0.2) is 0 Å². The van der Waals surface area contributed by atoms with E-state index in [1.54, 1.807) is 27.0 Å². The molecule has 0 aromatic heterocycles. The van der Waals surface area contributed by atoms with E-state index in [-0.39, 0.29) is 27.3 Å². The van der Waals surface area contributed by atoms with E-state index in [1.165, 1.54) is 43.4 Å². The summed E-state index contributed by atoms with van der Waals surface area (Å²) in [6.07, 6.45) is 0. The largest absolute Gasteiger partial charge is 0.495 e. The summed E-state index contributed by atoms with van der Waals surface area (Å²) < 4.78 is 38.8. The summed E-state index contributed by atoms with van der Waals surface area (Å²) in [5.41, 5.74) is 0.722. The van der Waals surface area contributed by atoms with E-state index in [0.717, 1.165) is 0 Å². The maximum Gasteiger partial charge on any atom is 0.262 e. The summed E-state index contributed by atoms with van der Waals surface area (Å²) in [4.78, 5) is 14.0. The van der Waals surface area contributed by atoms with Crippen molar-refractivity contribution in [2.75, 3.05) is 30.9 Å². The Labute approximate surface area is 169 Å². The van der Waals surface area contributed by atoms with Gasteiger partial charge in [-0.2, -0.15) is 0 Å². The second kappa shape index (κ2) is 6.86. The van der Waals surface area contributed by atoms with E-state index >= 15 is 0 Å². The SMILES string of the molecule is COc1cc(OC)c(NS(=O)(=O)c2ccc3c(c2)C(C)(C)C(=O)N3C)cc1Cl. The predicted molar refractivity (Wildman–Crippen MR) is 108 cm³/mol. The van der Waals surface area contributed by atoms with Gasteiger partial charge in [0.1, 0.15) is 11.5 Å². The number of likely N-dealkylation sites (N-methyl/N-ethyl adjacent to an activating group) is 1. The maximum absolute atomic E-state index is 13.0. The smallest absolute Gasteiger partial charge is 0.262 e. The molecule has 1 aliphatic rings. The topological polar surface area (TPSA) is 84.9 Å². The van der Waals surface area contributed by atoms with E-state index in [9.17, 15) is 13.2 Å². The Morgan fingerprint density at radius 2 is 1.71 bits per heavy atom. The van der Waals surface area contributed by atoms with Crippen LogP contribution >= 0.6 is 11.6 Å². The van der Waals surface area contributed by atoms with Crippen molar-refractivity contribution in [3.05, 3.63) is 40.9 Å². The van der Waals surface area contributed by atoms with E-state index in [1.807, 2.05) is 0 Å². The quantitative estimate of drug-likeness (QED) is 0.794. The van der Waals surface area contributed by atoms with Crippen LogP contribution in [0.5, 0.6) is 11.5 Å². The molecule has 0 bridgehead atoms. The molecule has 0 aliphatic carbocycles. The minimum atomic E-state index is -3.95. The number of nitrogens with one attached hydrogen (secondary N) is 1. The fraction of sp³-hybridized carbons (Fsp3) is 0.316.